The second-order valence-corrected chi connectivity index (χ2v) is 6.74. The number of aryl methyl sites for hydroxylation is 3. The number of aliphatic carboxylic acids is 1. The quantitative estimate of drug-likeness (QED) is 0.808. The highest BCUT2D eigenvalue weighted by Gasteiger charge is 2.24. The molecular formula is C14H12N2O2S2. The molecule has 3 aromatic rings. The van der Waals surface area contributed by atoms with Gasteiger partial charge in [-0.15, -0.1) is 22.7 Å². The van der Waals surface area contributed by atoms with Crippen molar-refractivity contribution < 1.29 is 9.90 Å². The molecule has 3 aromatic heterocycles. The Hall–Kier alpha value is -1.66. The number of carbonyl (C=O) groups is 1. The number of thiophene rings is 1. The molecule has 0 spiro atoms. The number of hydrogen-bond donors (Lipinski definition) is 1. The standard InChI is InChI=1S/C14H12N2O2S2/c17-12(18)4-1-8-7-20-14-15-13-9-5-6-19-11(9)3-2-10(13)16(8)14/h5-7H,1-4H2,(H,17,18). The second kappa shape index (κ2) is 4.43. The fraction of sp³-hybridized carbons (Fsp3) is 0.286. The summed E-state index contributed by atoms with van der Waals surface area (Å²) in [5.74, 6) is -0.751. The molecule has 0 radical (unpaired) electrons. The van der Waals surface area contributed by atoms with E-state index in [4.69, 9.17) is 10.1 Å². The average molecular weight is 304 g/mol. The first kappa shape index (κ1) is 12.1. The van der Waals surface area contributed by atoms with E-state index in [9.17, 15) is 4.79 Å². The van der Waals surface area contributed by atoms with Crippen molar-refractivity contribution in [3.8, 4) is 11.3 Å². The molecule has 3 heterocycles. The predicted octanol–water partition coefficient (Wildman–Crippen LogP) is 3.24. The van der Waals surface area contributed by atoms with Gasteiger partial charge in [0.05, 0.1) is 17.8 Å². The largest absolute Gasteiger partial charge is 0.481 e. The lowest BCUT2D eigenvalue weighted by Gasteiger charge is -2.12. The van der Waals surface area contributed by atoms with Crippen LogP contribution in [0.3, 0.4) is 0 Å². The maximum Gasteiger partial charge on any atom is 0.303 e. The third-order valence-corrected chi connectivity index (χ3v) is 5.57. The highest BCUT2D eigenvalue weighted by Crippen LogP contribution is 2.38. The lowest BCUT2D eigenvalue weighted by atomic mass is 10.00. The normalized spacial score (nSPS) is 13.4. The van der Waals surface area contributed by atoms with Gasteiger partial charge in [-0.3, -0.25) is 9.20 Å². The number of thiazole rings is 1. The predicted molar refractivity (Wildman–Crippen MR) is 79.7 cm³/mol. The first-order valence-electron chi connectivity index (χ1n) is 6.50. The van der Waals surface area contributed by atoms with Crippen LogP contribution in [0.4, 0.5) is 0 Å². The zero-order valence-corrected chi connectivity index (χ0v) is 12.3. The van der Waals surface area contributed by atoms with E-state index >= 15 is 0 Å². The first-order chi connectivity index (χ1) is 9.74. The Morgan fingerprint density at radius 1 is 1.40 bits per heavy atom. The van der Waals surface area contributed by atoms with Gasteiger partial charge in [-0.25, -0.2) is 4.98 Å². The molecule has 1 aliphatic carbocycles. The minimum Gasteiger partial charge on any atom is -0.481 e. The lowest BCUT2D eigenvalue weighted by molar-refractivity contribution is -0.136. The molecule has 4 rings (SSSR count). The highest BCUT2D eigenvalue weighted by molar-refractivity contribution is 7.15. The van der Waals surface area contributed by atoms with Crippen molar-refractivity contribution in [3.05, 3.63) is 33.1 Å². The van der Waals surface area contributed by atoms with Gasteiger partial charge in [0, 0.05) is 21.5 Å². The van der Waals surface area contributed by atoms with Gasteiger partial charge < -0.3 is 5.11 Å². The topological polar surface area (TPSA) is 54.6 Å². The van der Waals surface area contributed by atoms with E-state index in [1.165, 1.54) is 16.1 Å². The molecule has 1 aliphatic rings. The summed E-state index contributed by atoms with van der Waals surface area (Å²) >= 11 is 3.39. The van der Waals surface area contributed by atoms with Crippen molar-refractivity contribution in [3.63, 3.8) is 0 Å². The van der Waals surface area contributed by atoms with Gasteiger partial charge in [-0.2, -0.15) is 0 Å². The van der Waals surface area contributed by atoms with Crippen LogP contribution in [0.2, 0.25) is 0 Å². The smallest absolute Gasteiger partial charge is 0.303 e. The number of carboxylic acids is 1. The van der Waals surface area contributed by atoms with Gasteiger partial charge in [-0.05, 0) is 30.7 Å². The summed E-state index contributed by atoms with van der Waals surface area (Å²) in [7, 11) is 0. The molecule has 0 bridgehead atoms. The van der Waals surface area contributed by atoms with Crippen LogP contribution in [-0.4, -0.2) is 20.5 Å². The number of hydrogen-bond acceptors (Lipinski definition) is 4. The summed E-state index contributed by atoms with van der Waals surface area (Å²) in [6.07, 6.45) is 2.78. The summed E-state index contributed by atoms with van der Waals surface area (Å²) < 4.78 is 2.17. The summed E-state index contributed by atoms with van der Waals surface area (Å²) in [5.41, 5.74) is 4.67. The van der Waals surface area contributed by atoms with Gasteiger partial charge in [0.15, 0.2) is 4.96 Å². The van der Waals surface area contributed by atoms with Gasteiger partial charge in [0.2, 0.25) is 0 Å². The molecule has 20 heavy (non-hydrogen) atoms. The van der Waals surface area contributed by atoms with Crippen molar-refractivity contribution >= 4 is 33.6 Å². The molecule has 0 aliphatic heterocycles. The van der Waals surface area contributed by atoms with Crippen LogP contribution >= 0.6 is 22.7 Å². The molecule has 1 N–H and O–H groups in total. The molecule has 102 valence electrons. The molecule has 0 fully saturated rings. The lowest BCUT2D eigenvalue weighted by Crippen LogP contribution is -2.06. The van der Waals surface area contributed by atoms with Crippen LogP contribution in [-0.2, 0) is 24.1 Å². The number of nitrogens with zero attached hydrogens (tertiary/aromatic N) is 2. The van der Waals surface area contributed by atoms with Gasteiger partial charge in [0.25, 0.3) is 0 Å². The fourth-order valence-electron chi connectivity index (χ4n) is 2.81. The summed E-state index contributed by atoms with van der Waals surface area (Å²) in [6, 6.07) is 2.14. The SMILES string of the molecule is O=C(O)CCc1csc2nc3c(n12)CCc1sccc1-3. The average Bonchev–Trinajstić information content (AvgIpc) is 3.09. The Kier molecular flexibility index (Phi) is 2.68. The van der Waals surface area contributed by atoms with Crippen molar-refractivity contribution in [1.82, 2.24) is 9.38 Å². The molecule has 6 heteroatoms. The van der Waals surface area contributed by atoms with Crippen LogP contribution in [0.1, 0.15) is 22.7 Å². The van der Waals surface area contributed by atoms with Crippen LogP contribution in [0, 0.1) is 0 Å². The third kappa shape index (κ3) is 1.72. The maximum atomic E-state index is 10.8. The molecule has 4 nitrogen and oxygen atoms in total. The minimum atomic E-state index is -0.751. The zero-order valence-electron chi connectivity index (χ0n) is 10.6. The maximum absolute atomic E-state index is 10.8. The summed E-state index contributed by atoms with van der Waals surface area (Å²) in [6.45, 7) is 0. The van der Waals surface area contributed by atoms with Gasteiger partial charge in [0.1, 0.15) is 0 Å². The van der Waals surface area contributed by atoms with Crippen molar-refractivity contribution in [2.75, 3.05) is 0 Å². The Morgan fingerprint density at radius 3 is 3.15 bits per heavy atom. The van der Waals surface area contributed by atoms with Crippen LogP contribution in [0.15, 0.2) is 16.8 Å². The Labute approximate surface area is 123 Å². The van der Waals surface area contributed by atoms with Crippen molar-refractivity contribution in [2.24, 2.45) is 0 Å². The Bertz CT molecular complexity index is 812. The van der Waals surface area contributed by atoms with Crippen molar-refractivity contribution in [1.29, 1.82) is 0 Å². The van der Waals surface area contributed by atoms with Gasteiger partial charge >= 0.3 is 5.97 Å². The van der Waals surface area contributed by atoms with E-state index in [1.54, 1.807) is 22.7 Å². The van der Waals surface area contributed by atoms with E-state index < -0.39 is 5.97 Å². The molecule has 0 amide bonds. The molecular weight excluding hydrogens is 292 g/mol. The van der Waals surface area contributed by atoms with E-state index in [2.05, 4.69) is 15.8 Å². The number of aromatic nitrogens is 2. The van der Waals surface area contributed by atoms with E-state index in [-0.39, 0.29) is 6.42 Å². The summed E-state index contributed by atoms with van der Waals surface area (Å²) in [5, 5.41) is 13.0. The molecule has 0 unspecified atom stereocenters. The molecule has 0 saturated heterocycles. The highest BCUT2D eigenvalue weighted by atomic mass is 32.1. The molecule has 0 saturated carbocycles. The second-order valence-electron chi connectivity index (χ2n) is 4.90. The fourth-order valence-corrected chi connectivity index (χ4v) is 4.63. The molecule has 0 atom stereocenters. The van der Waals surface area contributed by atoms with E-state index in [0.717, 1.165) is 29.2 Å². The van der Waals surface area contributed by atoms with Gasteiger partial charge in [-0.1, -0.05) is 0 Å². The first-order valence-corrected chi connectivity index (χ1v) is 8.26. The number of fused-ring (bicyclic) bond motifs is 5. The van der Waals surface area contributed by atoms with E-state index in [1.807, 2.05) is 5.38 Å². The van der Waals surface area contributed by atoms with Crippen molar-refractivity contribution in [2.45, 2.75) is 25.7 Å². The number of imidazole rings is 1. The molecule has 0 aromatic carbocycles. The van der Waals surface area contributed by atoms with E-state index in [0.29, 0.717) is 6.42 Å². The Morgan fingerprint density at radius 2 is 2.30 bits per heavy atom. The minimum absolute atomic E-state index is 0.169. The van der Waals surface area contributed by atoms with Crippen LogP contribution in [0.5, 0.6) is 0 Å². The Balaban J connectivity index is 1.85. The van der Waals surface area contributed by atoms with Crippen LogP contribution < -0.4 is 0 Å². The number of rotatable bonds is 3. The summed E-state index contributed by atoms with van der Waals surface area (Å²) in [4.78, 5) is 17.9. The third-order valence-electron chi connectivity index (χ3n) is 3.71. The van der Waals surface area contributed by atoms with Crippen LogP contribution in [0.25, 0.3) is 16.2 Å². The number of carboxylic acid groups (broad SMARTS) is 1. The zero-order chi connectivity index (χ0) is 13.7. The monoisotopic (exact) mass is 304 g/mol.